The van der Waals surface area contributed by atoms with Crippen molar-refractivity contribution in [3.05, 3.63) is 47.8 Å². The molecular weight excluding hydrogens is 482 g/mol. The first-order valence-corrected chi connectivity index (χ1v) is 13.8. The SMILES string of the molecule is CC(C)=CCC1C(=O)C(C)(C)C(O)CC(=O)OC(C=Cc2ccccn2)CC2OC2(C)CCCC(C)C1O. The minimum absolute atomic E-state index is 0.0600. The highest BCUT2D eigenvalue weighted by molar-refractivity contribution is 5.88. The van der Waals surface area contributed by atoms with Crippen LogP contribution in [0.15, 0.2) is 42.1 Å². The first-order valence-electron chi connectivity index (χ1n) is 13.8. The van der Waals surface area contributed by atoms with Gasteiger partial charge in [-0.3, -0.25) is 14.6 Å². The number of hydrogen-bond donors (Lipinski definition) is 2. The van der Waals surface area contributed by atoms with Gasteiger partial charge in [0.2, 0.25) is 0 Å². The van der Waals surface area contributed by atoms with Gasteiger partial charge >= 0.3 is 5.97 Å². The molecule has 2 N–H and O–H groups in total. The summed E-state index contributed by atoms with van der Waals surface area (Å²) in [6, 6.07) is 5.59. The van der Waals surface area contributed by atoms with Crippen LogP contribution in [0, 0.1) is 17.3 Å². The van der Waals surface area contributed by atoms with Crippen molar-refractivity contribution >= 4 is 17.8 Å². The van der Waals surface area contributed by atoms with Crippen LogP contribution in [0.4, 0.5) is 0 Å². The van der Waals surface area contributed by atoms with Gasteiger partial charge in [0.1, 0.15) is 11.9 Å². The summed E-state index contributed by atoms with van der Waals surface area (Å²) in [5.74, 6) is -1.61. The number of Topliss-reactive ketones (excluding diaryl/α,β-unsaturated/α-hetero) is 1. The van der Waals surface area contributed by atoms with E-state index in [0.717, 1.165) is 30.5 Å². The Kier molecular flexibility index (Phi) is 10.1. The van der Waals surface area contributed by atoms with Gasteiger partial charge in [0.25, 0.3) is 0 Å². The van der Waals surface area contributed by atoms with Crippen LogP contribution in [0.1, 0.15) is 85.8 Å². The normalized spacial score (nSPS) is 34.8. The second-order valence-corrected chi connectivity index (χ2v) is 12.1. The first kappa shape index (κ1) is 30.2. The number of fused-ring (bicyclic) bond motifs is 1. The lowest BCUT2D eigenvalue weighted by atomic mass is 9.71. The molecule has 0 aliphatic carbocycles. The van der Waals surface area contributed by atoms with E-state index < -0.39 is 35.6 Å². The van der Waals surface area contributed by atoms with Crippen LogP contribution >= 0.6 is 0 Å². The Bertz CT molecular complexity index is 1010. The van der Waals surface area contributed by atoms with Gasteiger partial charge < -0.3 is 19.7 Å². The van der Waals surface area contributed by atoms with Crippen LogP contribution in [-0.4, -0.2) is 57.0 Å². The third-order valence-corrected chi connectivity index (χ3v) is 8.21. The lowest BCUT2D eigenvalue weighted by Crippen LogP contribution is -2.46. The average Bonchev–Trinajstić information content (AvgIpc) is 3.50. The number of aromatic nitrogens is 1. The molecule has 1 aromatic rings. The number of rotatable bonds is 4. The number of pyridine rings is 1. The number of carbonyl (C=O) groups excluding carboxylic acids is 2. The second kappa shape index (κ2) is 12.7. The molecule has 7 heteroatoms. The number of ether oxygens (including phenoxy) is 2. The standard InChI is InChI=1S/C31H45NO6/c1-20(2)12-15-24-28(35)21(3)10-9-16-31(6)26(38-31)18-23(14-13-22-11-7-8-17-32-22)37-27(34)19-25(33)30(4,5)29(24)36/h7-8,11-14,17,21,23-26,28,33,35H,9-10,15-16,18-19H2,1-6H3. The van der Waals surface area contributed by atoms with Gasteiger partial charge in [-0.2, -0.15) is 0 Å². The molecule has 0 radical (unpaired) electrons. The van der Waals surface area contributed by atoms with E-state index in [1.54, 1.807) is 20.0 Å². The van der Waals surface area contributed by atoms with Crippen molar-refractivity contribution in [2.75, 3.05) is 0 Å². The summed E-state index contributed by atoms with van der Waals surface area (Å²) in [6.45, 7) is 11.2. The van der Waals surface area contributed by atoms with Crippen molar-refractivity contribution in [2.24, 2.45) is 17.3 Å². The molecule has 7 atom stereocenters. The van der Waals surface area contributed by atoms with E-state index >= 15 is 0 Å². The van der Waals surface area contributed by atoms with Crippen molar-refractivity contribution in [3.8, 4) is 0 Å². The Hall–Kier alpha value is -2.35. The molecule has 0 spiro atoms. The lowest BCUT2D eigenvalue weighted by Gasteiger charge is -2.35. The maximum atomic E-state index is 13.7. The van der Waals surface area contributed by atoms with Crippen molar-refractivity contribution in [1.82, 2.24) is 4.98 Å². The molecule has 0 aromatic carbocycles. The number of aliphatic hydroxyl groups excluding tert-OH is 2. The highest BCUT2D eigenvalue weighted by atomic mass is 16.6. The number of esters is 1. The summed E-state index contributed by atoms with van der Waals surface area (Å²) in [5.41, 5.74) is 0.247. The Labute approximate surface area is 227 Å². The average molecular weight is 528 g/mol. The van der Waals surface area contributed by atoms with E-state index in [1.807, 2.05) is 57.2 Å². The molecule has 0 saturated carbocycles. The number of nitrogens with zero attached hydrogens (tertiary/aromatic N) is 1. The van der Waals surface area contributed by atoms with E-state index in [4.69, 9.17) is 9.47 Å². The molecule has 2 aliphatic heterocycles. The van der Waals surface area contributed by atoms with Gasteiger partial charge in [-0.15, -0.1) is 0 Å². The minimum Gasteiger partial charge on any atom is -0.458 e. The van der Waals surface area contributed by atoms with Gasteiger partial charge in [0, 0.05) is 18.5 Å². The lowest BCUT2D eigenvalue weighted by molar-refractivity contribution is -0.154. The number of cyclic esters (lactones) is 1. The second-order valence-electron chi connectivity index (χ2n) is 12.1. The van der Waals surface area contributed by atoms with Crippen molar-refractivity contribution in [2.45, 2.75) is 110 Å². The van der Waals surface area contributed by atoms with Crippen molar-refractivity contribution in [1.29, 1.82) is 0 Å². The summed E-state index contributed by atoms with van der Waals surface area (Å²) < 4.78 is 11.8. The molecule has 7 unspecified atom stereocenters. The third-order valence-electron chi connectivity index (χ3n) is 8.21. The minimum atomic E-state index is -1.25. The maximum Gasteiger partial charge on any atom is 0.309 e. The largest absolute Gasteiger partial charge is 0.458 e. The molecule has 210 valence electrons. The Morgan fingerprint density at radius 2 is 1.92 bits per heavy atom. The number of aliphatic hydroxyl groups is 2. The summed E-state index contributed by atoms with van der Waals surface area (Å²) in [5, 5.41) is 22.3. The fraction of sp³-hybridized carbons (Fsp3) is 0.645. The maximum absolute atomic E-state index is 13.7. The zero-order chi connectivity index (χ0) is 28.1. The molecular formula is C31H45NO6. The fourth-order valence-electron chi connectivity index (χ4n) is 5.24. The van der Waals surface area contributed by atoms with Crippen LogP contribution in [0.2, 0.25) is 0 Å². The third kappa shape index (κ3) is 7.84. The van der Waals surface area contributed by atoms with E-state index in [0.29, 0.717) is 12.8 Å². The Morgan fingerprint density at radius 1 is 1.18 bits per heavy atom. The van der Waals surface area contributed by atoms with E-state index in [2.05, 4.69) is 11.9 Å². The summed E-state index contributed by atoms with van der Waals surface area (Å²) in [6.07, 6.45) is 7.52. The zero-order valence-electron chi connectivity index (χ0n) is 23.7. The quantitative estimate of drug-likeness (QED) is 0.320. The number of epoxide rings is 1. The monoisotopic (exact) mass is 527 g/mol. The zero-order valence-corrected chi connectivity index (χ0v) is 23.7. The summed E-state index contributed by atoms with van der Waals surface area (Å²) in [7, 11) is 0. The number of hydrogen-bond acceptors (Lipinski definition) is 7. The van der Waals surface area contributed by atoms with Gasteiger partial charge in [-0.05, 0) is 70.2 Å². The fourth-order valence-corrected chi connectivity index (χ4v) is 5.24. The molecule has 0 amide bonds. The predicted molar refractivity (Wildman–Crippen MR) is 147 cm³/mol. The number of ketones is 1. The van der Waals surface area contributed by atoms with Crippen LogP contribution in [0.5, 0.6) is 0 Å². The molecule has 2 saturated heterocycles. The molecule has 7 nitrogen and oxygen atoms in total. The number of carbonyl (C=O) groups is 2. The van der Waals surface area contributed by atoms with Crippen LogP contribution < -0.4 is 0 Å². The molecule has 3 rings (SSSR count). The van der Waals surface area contributed by atoms with Gasteiger partial charge in [-0.1, -0.05) is 44.9 Å². The Morgan fingerprint density at radius 3 is 2.58 bits per heavy atom. The van der Waals surface area contributed by atoms with Crippen LogP contribution in [0.3, 0.4) is 0 Å². The molecule has 0 bridgehead atoms. The number of allylic oxidation sites excluding steroid dienone is 2. The van der Waals surface area contributed by atoms with Crippen molar-refractivity contribution in [3.63, 3.8) is 0 Å². The topological polar surface area (TPSA) is 109 Å². The summed E-state index contributed by atoms with van der Waals surface area (Å²) >= 11 is 0. The predicted octanol–water partition coefficient (Wildman–Crippen LogP) is 5.05. The highest BCUT2D eigenvalue weighted by Gasteiger charge is 2.52. The molecule has 1 aromatic heterocycles. The van der Waals surface area contributed by atoms with Gasteiger partial charge in [-0.25, -0.2) is 0 Å². The smallest absolute Gasteiger partial charge is 0.309 e. The molecule has 3 heterocycles. The van der Waals surface area contributed by atoms with Gasteiger partial charge in [0.15, 0.2) is 0 Å². The molecule has 2 aliphatic rings. The molecule has 2 fully saturated rings. The van der Waals surface area contributed by atoms with Crippen LogP contribution in [0.25, 0.3) is 6.08 Å². The Balaban J connectivity index is 1.86. The van der Waals surface area contributed by atoms with Crippen molar-refractivity contribution < 1.29 is 29.3 Å². The van der Waals surface area contributed by atoms with E-state index in [-0.39, 0.29) is 29.8 Å². The van der Waals surface area contributed by atoms with Crippen LogP contribution in [-0.2, 0) is 19.1 Å². The van der Waals surface area contributed by atoms with E-state index in [9.17, 15) is 19.8 Å². The molecule has 38 heavy (non-hydrogen) atoms. The van der Waals surface area contributed by atoms with E-state index in [1.165, 1.54) is 0 Å². The first-order chi connectivity index (χ1) is 17.8. The van der Waals surface area contributed by atoms with Gasteiger partial charge in [0.05, 0.1) is 41.4 Å². The summed E-state index contributed by atoms with van der Waals surface area (Å²) in [4.78, 5) is 31.0. The highest BCUT2D eigenvalue weighted by Crippen LogP contribution is 2.44.